The molecule has 0 atom stereocenters. The number of carbonyl (C=O) groups excluding carboxylic acids is 2. The summed E-state index contributed by atoms with van der Waals surface area (Å²) in [6.07, 6.45) is 0. The first-order valence-electron chi connectivity index (χ1n) is 9.12. The number of nitrogens with zero attached hydrogens (tertiary/aromatic N) is 1. The lowest BCUT2D eigenvalue weighted by molar-refractivity contribution is 0.0954. The number of hydrazone groups is 1. The molecule has 0 saturated heterocycles. The summed E-state index contributed by atoms with van der Waals surface area (Å²) in [4.78, 5) is 24.6. The first-order valence-corrected chi connectivity index (χ1v) is 9.50. The van der Waals surface area contributed by atoms with E-state index in [1.165, 1.54) is 0 Å². The van der Waals surface area contributed by atoms with Crippen LogP contribution >= 0.6 is 11.6 Å². The first kappa shape index (κ1) is 21.1. The van der Waals surface area contributed by atoms with Gasteiger partial charge in [-0.1, -0.05) is 11.6 Å². The highest BCUT2D eigenvalue weighted by Gasteiger charge is 2.08. The number of benzene rings is 3. The molecule has 3 rings (SSSR count). The molecule has 2 N–H and O–H groups in total. The van der Waals surface area contributed by atoms with Gasteiger partial charge in [-0.15, -0.1) is 0 Å². The monoisotopic (exact) mass is 421 g/mol. The van der Waals surface area contributed by atoms with E-state index in [9.17, 15) is 9.59 Å². The third-order valence-corrected chi connectivity index (χ3v) is 4.60. The van der Waals surface area contributed by atoms with Crippen LogP contribution in [0.25, 0.3) is 0 Å². The smallest absolute Gasteiger partial charge is 0.271 e. The van der Waals surface area contributed by atoms with Crippen molar-refractivity contribution in [2.45, 2.75) is 6.92 Å². The fraction of sp³-hybridized carbons (Fsp3) is 0.0870. The lowest BCUT2D eigenvalue weighted by Gasteiger charge is -2.07. The Morgan fingerprint density at radius 3 is 1.93 bits per heavy atom. The van der Waals surface area contributed by atoms with Gasteiger partial charge < -0.3 is 10.1 Å². The van der Waals surface area contributed by atoms with Gasteiger partial charge in [0.05, 0.1) is 12.8 Å². The second-order valence-corrected chi connectivity index (χ2v) is 6.84. The van der Waals surface area contributed by atoms with Crippen LogP contribution < -0.4 is 15.5 Å². The fourth-order valence-electron chi connectivity index (χ4n) is 2.61. The number of hydrogen-bond donors (Lipinski definition) is 2. The van der Waals surface area contributed by atoms with E-state index in [1.54, 1.807) is 62.6 Å². The molecule has 0 radical (unpaired) electrons. The van der Waals surface area contributed by atoms with Gasteiger partial charge in [0.25, 0.3) is 11.8 Å². The maximum absolute atomic E-state index is 12.3. The van der Waals surface area contributed by atoms with Gasteiger partial charge in [-0.3, -0.25) is 9.59 Å². The molecule has 0 aliphatic heterocycles. The van der Waals surface area contributed by atoms with Crippen LogP contribution in [0.5, 0.6) is 5.75 Å². The van der Waals surface area contributed by atoms with Crippen molar-refractivity contribution >= 4 is 34.8 Å². The molecule has 30 heavy (non-hydrogen) atoms. The van der Waals surface area contributed by atoms with Crippen LogP contribution in [-0.4, -0.2) is 24.6 Å². The van der Waals surface area contributed by atoms with Gasteiger partial charge in [-0.05, 0) is 85.3 Å². The maximum atomic E-state index is 12.3. The van der Waals surface area contributed by atoms with Gasteiger partial charge in [0.1, 0.15) is 5.75 Å². The van der Waals surface area contributed by atoms with Crippen LogP contribution in [0.3, 0.4) is 0 Å². The molecule has 0 saturated carbocycles. The molecule has 0 aromatic heterocycles. The van der Waals surface area contributed by atoms with Crippen LogP contribution in [0, 0.1) is 0 Å². The van der Waals surface area contributed by atoms with E-state index in [0.29, 0.717) is 27.5 Å². The summed E-state index contributed by atoms with van der Waals surface area (Å²) >= 11 is 5.83. The highest BCUT2D eigenvalue weighted by molar-refractivity contribution is 6.30. The Kier molecular flexibility index (Phi) is 6.83. The summed E-state index contributed by atoms with van der Waals surface area (Å²) < 4.78 is 5.13. The Morgan fingerprint density at radius 1 is 0.800 bits per heavy atom. The molecule has 152 valence electrons. The lowest BCUT2D eigenvalue weighted by atomic mass is 10.1. The summed E-state index contributed by atoms with van der Waals surface area (Å²) in [6, 6.07) is 20.5. The predicted molar refractivity (Wildman–Crippen MR) is 119 cm³/mol. The van der Waals surface area contributed by atoms with Crippen molar-refractivity contribution in [3.63, 3.8) is 0 Å². The Bertz CT molecular complexity index is 1060. The number of anilines is 1. The average Bonchev–Trinajstić information content (AvgIpc) is 2.78. The molecule has 6 nitrogen and oxygen atoms in total. The molecule has 0 unspecified atom stereocenters. The van der Waals surface area contributed by atoms with Crippen molar-refractivity contribution in [2.24, 2.45) is 5.10 Å². The van der Waals surface area contributed by atoms with Crippen LogP contribution in [0.4, 0.5) is 5.69 Å². The van der Waals surface area contributed by atoms with E-state index in [2.05, 4.69) is 15.8 Å². The molecule has 0 heterocycles. The Labute approximate surface area is 179 Å². The third kappa shape index (κ3) is 5.46. The molecule has 0 fully saturated rings. The lowest BCUT2D eigenvalue weighted by Crippen LogP contribution is -2.19. The molecule has 3 aromatic carbocycles. The number of ether oxygens (including phenoxy) is 1. The van der Waals surface area contributed by atoms with Crippen molar-refractivity contribution in [3.8, 4) is 5.75 Å². The predicted octanol–water partition coefficient (Wildman–Crippen LogP) is 4.75. The van der Waals surface area contributed by atoms with Crippen molar-refractivity contribution in [1.82, 2.24) is 5.43 Å². The van der Waals surface area contributed by atoms with E-state index in [4.69, 9.17) is 16.3 Å². The number of methoxy groups -OCH3 is 1. The van der Waals surface area contributed by atoms with Crippen LogP contribution in [0.15, 0.2) is 77.9 Å². The summed E-state index contributed by atoms with van der Waals surface area (Å²) in [5.74, 6) is 0.140. The van der Waals surface area contributed by atoms with Crippen LogP contribution in [0.1, 0.15) is 33.2 Å². The summed E-state index contributed by atoms with van der Waals surface area (Å²) in [7, 11) is 1.60. The largest absolute Gasteiger partial charge is 0.497 e. The normalized spacial score (nSPS) is 11.0. The van der Waals surface area contributed by atoms with Crippen LogP contribution in [-0.2, 0) is 0 Å². The number of hydrogen-bond acceptors (Lipinski definition) is 4. The third-order valence-electron chi connectivity index (χ3n) is 4.34. The van der Waals surface area contributed by atoms with Crippen molar-refractivity contribution < 1.29 is 14.3 Å². The van der Waals surface area contributed by atoms with Crippen molar-refractivity contribution in [3.05, 3.63) is 94.5 Å². The van der Waals surface area contributed by atoms with E-state index >= 15 is 0 Å². The second kappa shape index (κ2) is 9.71. The summed E-state index contributed by atoms with van der Waals surface area (Å²) in [6.45, 7) is 1.80. The minimum Gasteiger partial charge on any atom is -0.497 e. The van der Waals surface area contributed by atoms with Gasteiger partial charge >= 0.3 is 0 Å². The van der Waals surface area contributed by atoms with Crippen LogP contribution in [0.2, 0.25) is 5.02 Å². The van der Waals surface area contributed by atoms with Gasteiger partial charge in [0.2, 0.25) is 0 Å². The zero-order valence-electron chi connectivity index (χ0n) is 16.5. The number of rotatable bonds is 6. The maximum Gasteiger partial charge on any atom is 0.271 e. The first-order chi connectivity index (χ1) is 14.5. The highest BCUT2D eigenvalue weighted by atomic mass is 35.5. The van der Waals surface area contributed by atoms with E-state index in [-0.39, 0.29) is 11.8 Å². The van der Waals surface area contributed by atoms with Gasteiger partial charge in [-0.25, -0.2) is 5.43 Å². The van der Waals surface area contributed by atoms with Gasteiger partial charge in [0, 0.05) is 21.8 Å². The molecule has 2 amide bonds. The Hall–Kier alpha value is -3.64. The van der Waals surface area contributed by atoms with Gasteiger partial charge in [-0.2, -0.15) is 5.10 Å². The second-order valence-electron chi connectivity index (χ2n) is 6.41. The van der Waals surface area contributed by atoms with Crippen molar-refractivity contribution in [2.75, 3.05) is 12.4 Å². The molecule has 3 aromatic rings. The number of amides is 2. The van der Waals surface area contributed by atoms with Gasteiger partial charge in [0.15, 0.2) is 0 Å². The standard InChI is InChI=1S/C23H20ClN3O3/c1-15(16-7-13-21(30-2)14-8-16)26-27-23(29)18-5-11-20(12-6-18)25-22(28)17-3-9-19(24)10-4-17/h3-14H,1-2H3,(H,25,28)(H,27,29)/b26-15-. The quantitative estimate of drug-likeness (QED) is 0.445. The zero-order chi connectivity index (χ0) is 21.5. The molecule has 7 heteroatoms. The fourth-order valence-corrected chi connectivity index (χ4v) is 2.73. The minimum atomic E-state index is -0.349. The number of carbonyl (C=O) groups is 2. The summed E-state index contributed by atoms with van der Waals surface area (Å²) in [5.41, 5.74) is 5.56. The average molecular weight is 422 g/mol. The van der Waals surface area contributed by atoms with Crippen molar-refractivity contribution in [1.29, 1.82) is 0 Å². The van der Waals surface area contributed by atoms with E-state index < -0.39 is 0 Å². The van der Waals surface area contributed by atoms with E-state index in [1.807, 2.05) is 24.3 Å². The molecule has 0 spiro atoms. The molecule has 0 aliphatic rings. The Morgan fingerprint density at radius 2 is 1.33 bits per heavy atom. The number of halogens is 1. The summed E-state index contributed by atoms with van der Waals surface area (Å²) in [5, 5.41) is 7.47. The minimum absolute atomic E-state index is 0.261. The number of nitrogens with one attached hydrogen (secondary N) is 2. The molecular weight excluding hydrogens is 402 g/mol. The molecular formula is C23H20ClN3O3. The zero-order valence-corrected chi connectivity index (χ0v) is 17.2. The molecule has 0 bridgehead atoms. The Balaban J connectivity index is 1.60. The molecule has 0 aliphatic carbocycles. The SMILES string of the molecule is COc1ccc(/C(C)=N\NC(=O)c2ccc(NC(=O)c3ccc(Cl)cc3)cc2)cc1. The van der Waals surface area contributed by atoms with E-state index in [0.717, 1.165) is 11.3 Å². The highest BCUT2D eigenvalue weighted by Crippen LogP contribution is 2.14. The topological polar surface area (TPSA) is 79.8 Å².